The average molecular weight is 736 g/mol. The molecule has 1 aliphatic heterocycles. The summed E-state index contributed by atoms with van der Waals surface area (Å²) in [4.78, 5) is 24.2. The monoisotopic (exact) mass is 734 g/mol. The molecule has 1 atom stereocenters. The number of hydrogen-bond acceptors (Lipinski definition) is 9. The molecule has 3 N–H and O–H groups in total. The van der Waals surface area contributed by atoms with Gasteiger partial charge in [-0.15, -0.1) is 0 Å². The molecule has 0 radical (unpaired) electrons. The summed E-state index contributed by atoms with van der Waals surface area (Å²) in [7, 11) is 9.75. The van der Waals surface area contributed by atoms with Gasteiger partial charge < -0.3 is 29.6 Å². The molecule has 2 aromatic carbocycles. The van der Waals surface area contributed by atoms with Crippen LogP contribution in [0.4, 0.5) is 5.69 Å². The molecule has 1 fully saturated rings. The van der Waals surface area contributed by atoms with E-state index in [9.17, 15) is 9.59 Å². The molecule has 2 aromatic rings. The zero-order valence-corrected chi connectivity index (χ0v) is 24.0. The number of hydrogen-bond donors (Lipinski definition) is 3. The number of rotatable bonds is 14. The molecule has 12 heteroatoms. The third-order valence-electron chi connectivity index (χ3n) is 5.62. The van der Waals surface area contributed by atoms with Crippen molar-refractivity contribution in [3.63, 3.8) is 0 Å². The maximum absolute atomic E-state index is 12.5. The van der Waals surface area contributed by atoms with Crippen LogP contribution in [0.15, 0.2) is 36.4 Å². The Bertz CT molecular complexity index is 1050. The quantitative estimate of drug-likeness (QED) is 0.200. The van der Waals surface area contributed by atoms with Gasteiger partial charge in [0.05, 0.1) is 45.2 Å². The van der Waals surface area contributed by atoms with Crippen LogP contribution in [0.25, 0.3) is 16.8 Å². The molecule has 206 valence electrons. The second kappa shape index (κ2) is 17.1. The van der Waals surface area contributed by atoms with E-state index in [0.29, 0.717) is 59.4 Å². The molecule has 1 aliphatic carbocycles. The zero-order valence-electron chi connectivity index (χ0n) is 20.2. The molecular formula is C25H31Cl2N3O6Pt. The minimum atomic E-state index is -0.472. The molecule has 2 aliphatic rings. The van der Waals surface area contributed by atoms with Crippen molar-refractivity contribution < 1.29 is 45.0 Å². The van der Waals surface area contributed by atoms with Gasteiger partial charge in [0, 0.05) is 30.8 Å². The third-order valence-corrected chi connectivity index (χ3v) is 5.62. The van der Waals surface area contributed by atoms with Crippen molar-refractivity contribution in [2.24, 2.45) is 0 Å². The molecular weight excluding hydrogens is 704 g/mol. The molecule has 0 saturated carbocycles. The Hall–Kier alpha value is -1.55. The topological polar surface area (TPSA) is 107 Å². The SMILES string of the molecule is O=C1C=Cc2cccc3ccc(NCCOCCOCCOCCOC(=O)C4CNCN4)c1c23.[Cl][Pt][Cl]. The Morgan fingerprint density at radius 3 is 2.38 bits per heavy atom. The van der Waals surface area contributed by atoms with Crippen LogP contribution in [0, 0.1) is 0 Å². The number of halogens is 2. The summed E-state index contributed by atoms with van der Waals surface area (Å²) in [5, 5.41) is 11.4. The van der Waals surface area contributed by atoms with E-state index < -0.39 is 16.5 Å². The van der Waals surface area contributed by atoms with Crippen LogP contribution < -0.4 is 16.0 Å². The van der Waals surface area contributed by atoms with Crippen LogP contribution in [0.1, 0.15) is 15.9 Å². The second-order valence-electron chi connectivity index (χ2n) is 8.00. The molecule has 0 spiro atoms. The van der Waals surface area contributed by atoms with Crippen molar-refractivity contribution in [3.8, 4) is 0 Å². The summed E-state index contributed by atoms with van der Waals surface area (Å²) in [6.45, 7) is 4.69. The summed E-state index contributed by atoms with van der Waals surface area (Å²) in [6, 6.07) is 9.75. The van der Waals surface area contributed by atoms with Crippen LogP contribution in [0.5, 0.6) is 0 Å². The molecule has 1 unspecified atom stereocenters. The third kappa shape index (κ3) is 9.61. The summed E-state index contributed by atoms with van der Waals surface area (Å²) in [6.07, 6.45) is 3.50. The fraction of sp³-hybridized carbons (Fsp3) is 0.440. The number of ketones is 1. The number of anilines is 1. The summed E-state index contributed by atoms with van der Waals surface area (Å²) in [5.41, 5.74) is 2.61. The van der Waals surface area contributed by atoms with Crippen molar-refractivity contribution in [2.45, 2.75) is 6.04 Å². The predicted octanol–water partition coefficient (Wildman–Crippen LogP) is 2.95. The fourth-order valence-corrected chi connectivity index (χ4v) is 3.95. The Labute approximate surface area is 232 Å². The molecule has 0 aromatic heterocycles. The number of ether oxygens (including phenoxy) is 4. The first-order valence-corrected chi connectivity index (χ1v) is 17.5. The molecule has 1 saturated heterocycles. The number of nitrogens with one attached hydrogen (secondary N) is 3. The van der Waals surface area contributed by atoms with Gasteiger partial charge >= 0.3 is 41.3 Å². The summed E-state index contributed by atoms with van der Waals surface area (Å²) >= 11 is -0.472. The van der Waals surface area contributed by atoms with Crippen LogP contribution in [0.3, 0.4) is 0 Å². The molecule has 1 heterocycles. The van der Waals surface area contributed by atoms with E-state index >= 15 is 0 Å². The first kappa shape index (κ1) is 30.0. The van der Waals surface area contributed by atoms with Gasteiger partial charge in [-0.25, -0.2) is 0 Å². The van der Waals surface area contributed by atoms with E-state index in [-0.39, 0.29) is 24.4 Å². The van der Waals surface area contributed by atoms with Gasteiger partial charge in [-0.1, -0.05) is 30.3 Å². The molecule has 4 rings (SSSR count). The Kier molecular flexibility index (Phi) is 13.9. The predicted molar refractivity (Wildman–Crippen MR) is 141 cm³/mol. The van der Waals surface area contributed by atoms with E-state index in [1.54, 1.807) is 6.08 Å². The van der Waals surface area contributed by atoms with Crippen LogP contribution in [-0.4, -0.2) is 83.8 Å². The van der Waals surface area contributed by atoms with Crippen molar-refractivity contribution in [3.05, 3.63) is 47.5 Å². The maximum atomic E-state index is 12.5. The summed E-state index contributed by atoms with van der Waals surface area (Å²) < 4.78 is 21.6. The van der Waals surface area contributed by atoms with Crippen LogP contribution >= 0.6 is 18.8 Å². The normalized spacial score (nSPS) is 16.1. The van der Waals surface area contributed by atoms with Gasteiger partial charge in [0.1, 0.15) is 12.6 Å². The van der Waals surface area contributed by atoms with E-state index in [0.717, 1.165) is 27.6 Å². The van der Waals surface area contributed by atoms with Crippen molar-refractivity contribution in [2.75, 3.05) is 71.3 Å². The molecule has 0 bridgehead atoms. The van der Waals surface area contributed by atoms with E-state index in [1.807, 2.05) is 36.4 Å². The molecule has 37 heavy (non-hydrogen) atoms. The van der Waals surface area contributed by atoms with Crippen LogP contribution in [0.2, 0.25) is 0 Å². The van der Waals surface area contributed by atoms with E-state index in [2.05, 4.69) is 16.0 Å². The van der Waals surface area contributed by atoms with Crippen molar-refractivity contribution >= 4 is 53.1 Å². The van der Waals surface area contributed by atoms with Crippen LogP contribution in [-0.2, 0) is 40.2 Å². The van der Waals surface area contributed by atoms with E-state index in [1.165, 1.54) is 0 Å². The molecule has 9 nitrogen and oxygen atoms in total. The van der Waals surface area contributed by atoms with Gasteiger partial charge in [0.2, 0.25) is 0 Å². The number of carbonyl (C=O) groups is 2. The zero-order chi connectivity index (χ0) is 26.3. The van der Waals surface area contributed by atoms with Crippen molar-refractivity contribution in [1.82, 2.24) is 10.6 Å². The number of allylic oxidation sites excluding steroid dienone is 1. The van der Waals surface area contributed by atoms with E-state index in [4.69, 9.17) is 37.8 Å². The first-order chi connectivity index (χ1) is 18.2. The molecule has 0 amide bonds. The van der Waals surface area contributed by atoms with Gasteiger partial charge in [-0.05, 0) is 23.1 Å². The standard InChI is InChI=1S/C25H31N3O6.2ClH.Pt/c29-22-7-5-19-3-1-2-18-4-6-20(24(22)23(18)19)27-8-9-31-10-11-32-12-13-33-14-15-34-25(30)21-16-26-17-28-21;;;/h1-7,21,26-28H,8-17H2;2*1H;/q;;;+2/p-2. The van der Waals surface area contributed by atoms with Gasteiger partial charge in [-0.2, -0.15) is 0 Å². The second-order valence-corrected chi connectivity index (χ2v) is 11.3. The first-order valence-electron chi connectivity index (χ1n) is 11.8. The Balaban J connectivity index is 0.00000121. The fourth-order valence-electron chi connectivity index (χ4n) is 3.95. The van der Waals surface area contributed by atoms with Crippen molar-refractivity contribution in [1.29, 1.82) is 0 Å². The average Bonchev–Trinajstić information content (AvgIpc) is 3.45. The number of carbonyl (C=O) groups excluding carboxylic acids is 2. The van der Waals surface area contributed by atoms with Gasteiger partial charge in [0.15, 0.2) is 5.78 Å². The Morgan fingerprint density at radius 1 is 0.973 bits per heavy atom. The Morgan fingerprint density at radius 2 is 1.68 bits per heavy atom. The number of benzene rings is 2. The van der Waals surface area contributed by atoms with Gasteiger partial charge in [0.25, 0.3) is 0 Å². The summed E-state index contributed by atoms with van der Waals surface area (Å²) in [5.74, 6) is -0.241. The number of esters is 1. The van der Waals surface area contributed by atoms with Gasteiger partial charge in [-0.3, -0.25) is 14.9 Å². The minimum absolute atomic E-state index is 0.0182.